The van der Waals surface area contributed by atoms with Crippen molar-refractivity contribution in [1.29, 1.82) is 0 Å². The van der Waals surface area contributed by atoms with E-state index in [9.17, 15) is 0 Å². The first-order valence-electron chi connectivity index (χ1n) is 7.90. The minimum Gasteiger partial charge on any atom is -0.379 e. The zero-order chi connectivity index (χ0) is 13.5. The van der Waals surface area contributed by atoms with E-state index < -0.39 is 0 Å². The van der Waals surface area contributed by atoms with Crippen LogP contribution in [0.25, 0.3) is 0 Å². The number of rotatable bonds is 7. The predicted octanol–water partition coefficient (Wildman–Crippen LogP) is 2.28. The van der Waals surface area contributed by atoms with Gasteiger partial charge in [0.25, 0.3) is 0 Å². The molecule has 19 heavy (non-hydrogen) atoms. The topological polar surface area (TPSA) is 30.9 Å². The van der Waals surface area contributed by atoms with E-state index in [1.54, 1.807) is 0 Å². The van der Waals surface area contributed by atoms with Crippen molar-refractivity contribution < 1.29 is 14.2 Å². The lowest BCUT2D eigenvalue weighted by Crippen LogP contribution is -2.41. The number of nitrogens with zero attached hydrogens (tertiary/aromatic N) is 1. The Balaban J connectivity index is 1.71. The molecule has 2 aliphatic rings. The van der Waals surface area contributed by atoms with E-state index in [-0.39, 0.29) is 12.4 Å². The van der Waals surface area contributed by atoms with Crippen LogP contribution >= 0.6 is 0 Å². The molecule has 2 heterocycles. The van der Waals surface area contributed by atoms with Crippen molar-refractivity contribution in [2.75, 3.05) is 39.5 Å². The second-order valence-electron chi connectivity index (χ2n) is 5.68. The van der Waals surface area contributed by atoms with Crippen LogP contribution in [0, 0.1) is 5.92 Å². The maximum atomic E-state index is 6.11. The van der Waals surface area contributed by atoms with E-state index in [4.69, 9.17) is 14.2 Å². The summed E-state index contributed by atoms with van der Waals surface area (Å²) in [5, 5.41) is 0. The third-order valence-electron chi connectivity index (χ3n) is 4.18. The van der Waals surface area contributed by atoms with Crippen LogP contribution < -0.4 is 0 Å². The smallest absolute Gasteiger partial charge is 0.161 e. The molecule has 0 amide bonds. The zero-order valence-corrected chi connectivity index (χ0v) is 12.5. The number of ether oxygens (including phenoxy) is 3. The van der Waals surface area contributed by atoms with E-state index in [1.165, 1.54) is 19.3 Å². The molecule has 0 radical (unpaired) electrons. The number of hydrogen-bond donors (Lipinski definition) is 0. The summed E-state index contributed by atoms with van der Waals surface area (Å²) in [5.74, 6) is 0.564. The molecular formula is C15H29NO3. The molecule has 0 aromatic heterocycles. The lowest BCUT2D eigenvalue weighted by Gasteiger charge is -2.28. The second kappa shape index (κ2) is 8.20. The first kappa shape index (κ1) is 15.2. The Bertz CT molecular complexity index is 244. The van der Waals surface area contributed by atoms with Crippen molar-refractivity contribution >= 4 is 0 Å². The van der Waals surface area contributed by atoms with Gasteiger partial charge in [0.15, 0.2) is 6.29 Å². The molecule has 0 spiro atoms. The molecule has 0 N–H and O–H groups in total. The standard InChI is InChI=1S/C15H29NO3/c1-3-5-6-13(4-2)15-18-12-14(19-15)11-16-7-9-17-10-8-16/h13-15H,3-12H2,1-2H3/t13-,14-,15+/m0/s1. The maximum absolute atomic E-state index is 6.11. The Kier molecular flexibility index (Phi) is 6.57. The lowest BCUT2D eigenvalue weighted by molar-refractivity contribution is -0.104. The molecule has 2 aliphatic heterocycles. The highest BCUT2D eigenvalue weighted by atomic mass is 16.7. The molecule has 2 fully saturated rings. The highest BCUT2D eigenvalue weighted by Crippen LogP contribution is 2.26. The average Bonchev–Trinajstić information content (AvgIpc) is 2.89. The van der Waals surface area contributed by atoms with Crippen LogP contribution in [0.3, 0.4) is 0 Å². The van der Waals surface area contributed by atoms with Crippen molar-refractivity contribution in [3.63, 3.8) is 0 Å². The van der Waals surface area contributed by atoms with Crippen molar-refractivity contribution in [3.05, 3.63) is 0 Å². The van der Waals surface area contributed by atoms with E-state index in [2.05, 4.69) is 18.7 Å². The van der Waals surface area contributed by atoms with E-state index in [0.717, 1.165) is 45.9 Å². The number of morpholine rings is 1. The zero-order valence-electron chi connectivity index (χ0n) is 12.5. The summed E-state index contributed by atoms with van der Waals surface area (Å²) in [6.07, 6.45) is 5.18. The fourth-order valence-electron chi connectivity index (χ4n) is 2.88. The van der Waals surface area contributed by atoms with Gasteiger partial charge in [-0.25, -0.2) is 0 Å². The summed E-state index contributed by atoms with van der Waals surface area (Å²) in [6.45, 7) is 9.98. The number of hydrogen-bond acceptors (Lipinski definition) is 4. The molecule has 112 valence electrons. The number of unbranched alkanes of at least 4 members (excludes halogenated alkanes) is 1. The molecular weight excluding hydrogens is 242 g/mol. The normalized spacial score (nSPS) is 30.6. The van der Waals surface area contributed by atoms with Crippen LogP contribution in [-0.4, -0.2) is 56.7 Å². The van der Waals surface area contributed by atoms with Crippen LogP contribution in [0.2, 0.25) is 0 Å². The SMILES string of the molecule is CCCC[C@H](CC)[C@@H]1OC[C@H](CN2CCOCC2)O1. The molecule has 4 nitrogen and oxygen atoms in total. The van der Waals surface area contributed by atoms with E-state index in [0.29, 0.717) is 5.92 Å². The Morgan fingerprint density at radius 1 is 1.21 bits per heavy atom. The highest BCUT2D eigenvalue weighted by molar-refractivity contribution is 4.75. The van der Waals surface area contributed by atoms with Gasteiger partial charge < -0.3 is 14.2 Å². The third-order valence-corrected chi connectivity index (χ3v) is 4.18. The van der Waals surface area contributed by atoms with Gasteiger partial charge >= 0.3 is 0 Å². The van der Waals surface area contributed by atoms with Gasteiger partial charge in [-0.3, -0.25) is 4.90 Å². The molecule has 4 heteroatoms. The Morgan fingerprint density at radius 3 is 2.68 bits per heavy atom. The molecule has 0 aromatic carbocycles. The lowest BCUT2D eigenvalue weighted by atomic mass is 9.99. The van der Waals surface area contributed by atoms with Gasteiger partial charge in [0.2, 0.25) is 0 Å². The third kappa shape index (κ3) is 4.71. The van der Waals surface area contributed by atoms with Crippen molar-refractivity contribution in [2.24, 2.45) is 5.92 Å². The largest absolute Gasteiger partial charge is 0.379 e. The average molecular weight is 271 g/mol. The van der Waals surface area contributed by atoms with Gasteiger partial charge in [-0.05, 0) is 12.8 Å². The van der Waals surface area contributed by atoms with Crippen molar-refractivity contribution in [3.8, 4) is 0 Å². The summed E-state index contributed by atoms with van der Waals surface area (Å²) in [5.41, 5.74) is 0. The maximum Gasteiger partial charge on any atom is 0.161 e. The molecule has 0 bridgehead atoms. The molecule has 2 rings (SSSR count). The Labute approximate surface area is 117 Å². The minimum atomic E-state index is 0.0302. The van der Waals surface area contributed by atoms with Crippen molar-refractivity contribution in [1.82, 2.24) is 4.90 Å². The monoisotopic (exact) mass is 271 g/mol. The van der Waals surface area contributed by atoms with Crippen LogP contribution in [0.1, 0.15) is 39.5 Å². The van der Waals surface area contributed by atoms with Crippen LogP contribution in [-0.2, 0) is 14.2 Å². The van der Waals surface area contributed by atoms with Gasteiger partial charge in [0.1, 0.15) is 0 Å². The minimum absolute atomic E-state index is 0.0302. The van der Waals surface area contributed by atoms with Gasteiger partial charge in [0.05, 0.1) is 25.9 Å². The summed E-state index contributed by atoms with van der Waals surface area (Å²) in [6, 6.07) is 0. The molecule has 0 saturated carbocycles. The highest BCUT2D eigenvalue weighted by Gasteiger charge is 2.32. The van der Waals surface area contributed by atoms with Crippen molar-refractivity contribution in [2.45, 2.75) is 51.9 Å². The predicted molar refractivity (Wildman–Crippen MR) is 75.2 cm³/mol. The first-order chi connectivity index (χ1) is 9.33. The molecule has 3 atom stereocenters. The quantitative estimate of drug-likeness (QED) is 0.711. The van der Waals surface area contributed by atoms with E-state index >= 15 is 0 Å². The van der Waals surface area contributed by atoms with Gasteiger partial charge in [0, 0.05) is 25.6 Å². The first-order valence-corrected chi connectivity index (χ1v) is 7.90. The fraction of sp³-hybridized carbons (Fsp3) is 1.00. The molecule has 2 saturated heterocycles. The van der Waals surface area contributed by atoms with Gasteiger partial charge in [-0.2, -0.15) is 0 Å². The summed E-state index contributed by atoms with van der Waals surface area (Å²) in [7, 11) is 0. The van der Waals surface area contributed by atoms with Crippen LogP contribution in [0.15, 0.2) is 0 Å². The molecule has 0 aromatic rings. The van der Waals surface area contributed by atoms with Gasteiger partial charge in [-0.15, -0.1) is 0 Å². The summed E-state index contributed by atoms with van der Waals surface area (Å²) < 4.78 is 17.4. The van der Waals surface area contributed by atoms with Gasteiger partial charge in [-0.1, -0.05) is 26.7 Å². The van der Waals surface area contributed by atoms with E-state index in [1.807, 2.05) is 0 Å². The van der Waals surface area contributed by atoms with Crippen LogP contribution in [0.5, 0.6) is 0 Å². The summed E-state index contributed by atoms with van der Waals surface area (Å²) >= 11 is 0. The fourth-order valence-corrected chi connectivity index (χ4v) is 2.88. The molecule has 0 unspecified atom stereocenters. The second-order valence-corrected chi connectivity index (χ2v) is 5.68. The Hall–Kier alpha value is -0.160. The Morgan fingerprint density at radius 2 is 2.00 bits per heavy atom. The summed E-state index contributed by atoms with van der Waals surface area (Å²) in [4.78, 5) is 2.42. The van der Waals surface area contributed by atoms with Crippen LogP contribution in [0.4, 0.5) is 0 Å². The molecule has 0 aliphatic carbocycles.